The minimum Gasteiger partial charge on any atom is -0.359 e. The van der Waals surface area contributed by atoms with Crippen LogP contribution >= 0.6 is 27.7 Å². The van der Waals surface area contributed by atoms with Crippen molar-refractivity contribution in [3.63, 3.8) is 0 Å². The van der Waals surface area contributed by atoms with Gasteiger partial charge in [-0.3, -0.25) is 14.4 Å². The zero-order valence-corrected chi connectivity index (χ0v) is 22.1. The van der Waals surface area contributed by atoms with E-state index in [1.165, 1.54) is 44.7 Å². The molecule has 6 nitrogen and oxygen atoms in total. The van der Waals surface area contributed by atoms with Crippen LogP contribution in [-0.2, 0) is 9.59 Å². The molecule has 0 radical (unpaired) electrons. The van der Waals surface area contributed by atoms with Gasteiger partial charge in [-0.2, -0.15) is 0 Å². The molecule has 0 fully saturated rings. The molecule has 1 aromatic rings. The molecule has 2 amide bonds. The van der Waals surface area contributed by atoms with E-state index in [9.17, 15) is 19.2 Å². The second-order valence-corrected chi connectivity index (χ2v) is 8.96. The van der Waals surface area contributed by atoms with Gasteiger partial charge in [0.15, 0.2) is 6.29 Å². The molecular formula is C24H37BrN2O4S. The quantitative estimate of drug-likeness (QED) is 0.147. The van der Waals surface area contributed by atoms with Crippen molar-refractivity contribution in [1.29, 1.82) is 0 Å². The number of carbonyl (C=O) groups excluding carboxylic acids is 4. The molecule has 1 unspecified atom stereocenters. The fourth-order valence-corrected chi connectivity index (χ4v) is 4.27. The molecule has 180 valence electrons. The summed E-state index contributed by atoms with van der Waals surface area (Å²) < 4.78 is 0. The molecular weight excluding hydrogens is 492 g/mol. The van der Waals surface area contributed by atoms with Crippen LogP contribution in [0.1, 0.15) is 79.5 Å². The van der Waals surface area contributed by atoms with Crippen LogP contribution in [0, 0.1) is 0 Å². The number of carbonyl (C=O) groups is 4. The van der Waals surface area contributed by atoms with Crippen molar-refractivity contribution >= 4 is 52.1 Å². The largest absolute Gasteiger partial charge is 0.359 e. The Kier molecular flexibility index (Phi) is 17.9. The molecule has 0 heterocycles. The number of rotatable bonds is 15. The number of unbranched alkanes of at least 4 members (excludes halogenated alkanes) is 4. The summed E-state index contributed by atoms with van der Waals surface area (Å²) in [7, 11) is 3.04. The zero-order chi connectivity index (χ0) is 24.4. The number of aldehydes is 2. The standard InChI is InChI=1S/C22H31BrN2O4S.C2H6/c1-24-21(28)11-9-18(16-27)25(2)22(29)20-14-19(10-8-17(20)15-26)30-13-7-5-3-4-6-12-23;1-2/h8,10,14-16,18H,3-7,9,11-13H2,1-2H3,(H,24,28);1-2H3. The Morgan fingerprint density at radius 3 is 2.38 bits per heavy atom. The third-order valence-electron chi connectivity index (χ3n) is 4.85. The second kappa shape index (κ2) is 18.9. The van der Waals surface area contributed by atoms with Gasteiger partial charge in [0.05, 0.1) is 11.6 Å². The van der Waals surface area contributed by atoms with Crippen molar-refractivity contribution in [2.24, 2.45) is 0 Å². The maximum Gasteiger partial charge on any atom is 0.254 e. The summed E-state index contributed by atoms with van der Waals surface area (Å²) in [5.74, 6) is 0.353. The molecule has 8 heteroatoms. The van der Waals surface area contributed by atoms with Crippen molar-refractivity contribution in [2.45, 2.75) is 69.7 Å². The number of thioether (sulfide) groups is 1. The number of alkyl halides is 1. The molecule has 1 aromatic carbocycles. The Bertz CT molecular complexity index is 715. The minimum atomic E-state index is -0.731. The highest BCUT2D eigenvalue weighted by molar-refractivity contribution is 9.09. The van der Waals surface area contributed by atoms with Crippen molar-refractivity contribution in [2.75, 3.05) is 25.2 Å². The van der Waals surface area contributed by atoms with Gasteiger partial charge in [0.25, 0.3) is 5.91 Å². The molecule has 0 aliphatic heterocycles. The van der Waals surface area contributed by atoms with Gasteiger partial charge in [0, 0.05) is 36.3 Å². The Morgan fingerprint density at radius 2 is 1.78 bits per heavy atom. The molecule has 1 rings (SSSR count). The number of likely N-dealkylation sites (N-methyl/N-ethyl adjacent to an activating group) is 1. The van der Waals surface area contributed by atoms with Gasteiger partial charge in [-0.1, -0.05) is 49.0 Å². The van der Waals surface area contributed by atoms with Crippen LogP contribution in [0.5, 0.6) is 0 Å². The first-order chi connectivity index (χ1) is 15.5. The van der Waals surface area contributed by atoms with E-state index in [1.54, 1.807) is 23.9 Å². The van der Waals surface area contributed by atoms with E-state index in [0.29, 0.717) is 18.1 Å². The highest BCUT2D eigenvalue weighted by Crippen LogP contribution is 2.24. The SMILES string of the molecule is CC.CNC(=O)CCC(C=O)N(C)C(=O)c1cc(SCCCCCCCBr)ccc1C=O. The molecule has 0 spiro atoms. The normalized spacial score (nSPS) is 11.0. The lowest BCUT2D eigenvalue weighted by Gasteiger charge is -2.24. The molecule has 0 aliphatic rings. The molecule has 1 N–H and O–H groups in total. The van der Waals surface area contributed by atoms with Crippen LogP contribution in [0.3, 0.4) is 0 Å². The van der Waals surface area contributed by atoms with E-state index in [4.69, 9.17) is 0 Å². The minimum absolute atomic E-state index is 0.142. The van der Waals surface area contributed by atoms with E-state index >= 15 is 0 Å². The molecule has 0 saturated carbocycles. The Labute approximate surface area is 205 Å². The Morgan fingerprint density at radius 1 is 1.12 bits per heavy atom. The van der Waals surface area contributed by atoms with Gasteiger partial charge in [-0.25, -0.2) is 0 Å². The molecule has 0 aromatic heterocycles. The van der Waals surface area contributed by atoms with Gasteiger partial charge in [-0.05, 0) is 43.2 Å². The maximum atomic E-state index is 13.0. The summed E-state index contributed by atoms with van der Waals surface area (Å²) in [5, 5.41) is 3.55. The van der Waals surface area contributed by atoms with Crippen LogP contribution in [0.4, 0.5) is 0 Å². The molecule has 0 saturated heterocycles. The highest BCUT2D eigenvalue weighted by Gasteiger charge is 2.23. The lowest BCUT2D eigenvalue weighted by molar-refractivity contribution is -0.121. The number of nitrogens with one attached hydrogen (secondary N) is 1. The maximum absolute atomic E-state index is 13.0. The van der Waals surface area contributed by atoms with E-state index in [-0.39, 0.29) is 24.3 Å². The van der Waals surface area contributed by atoms with Crippen LogP contribution < -0.4 is 5.32 Å². The molecule has 0 bridgehead atoms. The Balaban J connectivity index is 0.00000466. The average Bonchev–Trinajstić information content (AvgIpc) is 2.84. The smallest absolute Gasteiger partial charge is 0.254 e. The predicted molar refractivity (Wildman–Crippen MR) is 136 cm³/mol. The van der Waals surface area contributed by atoms with E-state index in [1.807, 2.05) is 19.9 Å². The molecule has 32 heavy (non-hydrogen) atoms. The first-order valence-corrected chi connectivity index (χ1v) is 13.3. The number of hydrogen-bond acceptors (Lipinski definition) is 5. The van der Waals surface area contributed by atoms with Gasteiger partial charge >= 0.3 is 0 Å². The lowest BCUT2D eigenvalue weighted by Crippen LogP contribution is -2.39. The van der Waals surface area contributed by atoms with E-state index in [2.05, 4.69) is 21.2 Å². The highest BCUT2D eigenvalue weighted by atomic mass is 79.9. The summed E-state index contributed by atoms with van der Waals surface area (Å²) in [4.78, 5) is 49.6. The van der Waals surface area contributed by atoms with Crippen molar-refractivity contribution < 1.29 is 19.2 Å². The fraction of sp³-hybridized carbons (Fsp3) is 0.583. The summed E-state index contributed by atoms with van der Waals surface area (Å²) in [6, 6.07) is 4.48. The summed E-state index contributed by atoms with van der Waals surface area (Å²) in [6.07, 6.45) is 7.60. The summed E-state index contributed by atoms with van der Waals surface area (Å²) in [5.41, 5.74) is 0.573. The van der Waals surface area contributed by atoms with Crippen LogP contribution in [0.2, 0.25) is 0 Å². The Hall–Kier alpha value is -1.67. The number of halogens is 1. The predicted octanol–water partition coefficient (Wildman–Crippen LogP) is 5.13. The summed E-state index contributed by atoms with van der Waals surface area (Å²) >= 11 is 5.10. The number of benzene rings is 1. The third kappa shape index (κ3) is 11.3. The number of amides is 2. The lowest BCUT2D eigenvalue weighted by atomic mass is 10.1. The van der Waals surface area contributed by atoms with Crippen LogP contribution in [0.25, 0.3) is 0 Å². The van der Waals surface area contributed by atoms with Crippen LogP contribution in [-0.4, -0.2) is 60.5 Å². The zero-order valence-electron chi connectivity index (χ0n) is 19.7. The first kappa shape index (κ1) is 30.3. The van der Waals surface area contributed by atoms with E-state index in [0.717, 1.165) is 22.4 Å². The average molecular weight is 530 g/mol. The van der Waals surface area contributed by atoms with E-state index < -0.39 is 11.9 Å². The van der Waals surface area contributed by atoms with Gasteiger partial charge in [0.1, 0.15) is 6.29 Å². The third-order valence-corrected chi connectivity index (χ3v) is 6.49. The number of nitrogens with zero attached hydrogens (tertiary/aromatic N) is 1. The first-order valence-electron chi connectivity index (χ1n) is 11.2. The van der Waals surface area contributed by atoms with Gasteiger partial charge < -0.3 is 15.0 Å². The van der Waals surface area contributed by atoms with Crippen molar-refractivity contribution in [3.05, 3.63) is 29.3 Å². The summed E-state index contributed by atoms with van der Waals surface area (Å²) in [6.45, 7) is 4.00. The van der Waals surface area contributed by atoms with Gasteiger partial charge in [0.2, 0.25) is 5.91 Å². The van der Waals surface area contributed by atoms with Crippen LogP contribution in [0.15, 0.2) is 23.1 Å². The second-order valence-electron chi connectivity index (χ2n) is 7.00. The molecule has 1 atom stereocenters. The van der Waals surface area contributed by atoms with Crippen molar-refractivity contribution in [1.82, 2.24) is 10.2 Å². The fourth-order valence-electron chi connectivity index (χ4n) is 2.93. The number of hydrogen-bond donors (Lipinski definition) is 1. The van der Waals surface area contributed by atoms with Gasteiger partial charge in [-0.15, -0.1) is 11.8 Å². The monoisotopic (exact) mass is 528 g/mol. The van der Waals surface area contributed by atoms with Crippen molar-refractivity contribution in [3.8, 4) is 0 Å². The topological polar surface area (TPSA) is 83.6 Å². The molecule has 0 aliphatic carbocycles.